The van der Waals surface area contributed by atoms with Crippen LogP contribution in [0, 0.1) is 13.8 Å². The van der Waals surface area contributed by atoms with Crippen LogP contribution in [0.3, 0.4) is 0 Å². The lowest BCUT2D eigenvalue weighted by Gasteiger charge is -2.14. The van der Waals surface area contributed by atoms with Gasteiger partial charge in [0.25, 0.3) is 5.91 Å². The molecule has 0 bridgehead atoms. The van der Waals surface area contributed by atoms with Gasteiger partial charge in [-0.2, -0.15) is 5.10 Å². The summed E-state index contributed by atoms with van der Waals surface area (Å²) in [5, 5.41) is 15.4. The predicted octanol–water partition coefficient (Wildman–Crippen LogP) is 2.39. The van der Waals surface area contributed by atoms with Crippen molar-refractivity contribution in [1.29, 1.82) is 0 Å². The van der Waals surface area contributed by atoms with E-state index >= 15 is 0 Å². The molecule has 1 heterocycles. The van der Waals surface area contributed by atoms with Crippen molar-refractivity contribution < 1.29 is 23.5 Å². The molecule has 6 nitrogen and oxygen atoms in total. The number of amides is 1. The van der Waals surface area contributed by atoms with E-state index in [9.17, 15) is 18.4 Å². The van der Waals surface area contributed by atoms with E-state index in [0.717, 1.165) is 17.0 Å². The van der Waals surface area contributed by atoms with Crippen molar-refractivity contribution in [2.45, 2.75) is 39.3 Å². The van der Waals surface area contributed by atoms with Crippen LogP contribution in [0.5, 0.6) is 0 Å². The zero-order valence-electron chi connectivity index (χ0n) is 13.9. The summed E-state index contributed by atoms with van der Waals surface area (Å²) in [6, 6.07) is 6.82. The third-order valence-electron chi connectivity index (χ3n) is 3.67. The molecule has 1 aromatic heterocycles. The van der Waals surface area contributed by atoms with Gasteiger partial charge in [-0.1, -0.05) is 12.1 Å². The molecule has 1 aromatic carbocycles. The van der Waals surface area contributed by atoms with E-state index in [1.807, 2.05) is 24.6 Å². The second-order valence-electron chi connectivity index (χ2n) is 5.77. The molecule has 1 atom stereocenters. The highest BCUT2D eigenvalue weighted by molar-refractivity contribution is 5.96. The highest BCUT2D eigenvalue weighted by Crippen LogP contribution is 2.10. The summed E-state index contributed by atoms with van der Waals surface area (Å²) in [7, 11) is 0. The van der Waals surface area contributed by atoms with E-state index in [1.165, 1.54) is 12.1 Å². The Morgan fingerprint density at radius 2 is 1.88 bits per heavy atom. The van der Waals surface area contributed by atoms with Gasteiger partial charge in [-0.05, 0) is 37.6 Å². The largest absolute Gasteiger partial charge is 0.480 e. The van der Waals surface area contributed by atoms with Gasteiger partial charge >= 0.3 is 5.97 Å². The molecule has 8 heteroatoms. The fourth-order valence-corrected chi connectivity index (χ4v) is 2.41. The molecule has 1 unspecified atom stereocenters. The first-order valence-corrected chi connectivity index (χ1v) is 7.68. The van der Waals surface area contributed by atoms with Crippen molar-refractivity contribution in [2.24, 2.45) is 0 Å². The highest BCUT2D eigenvalue weighted by atomic mass is 19.3. The van der Waals surface area contributed by atoms with Crippen LogP contribution in [0.2, 0.25) is 0 Å². The Labute approximate surface area is 143 Å². The maximum absolute atomic E-state index is 12.4. The lowest BCUT2D eigenvalue weighted by atomic mass is 10.1. The number of carbonyl (C=O) groups is 2. The monoisotopic (exact) mass is 351 g/mol. The number of aryl methyl sites for hydroxylation is 2. The Hall–Kier alpha value is -2.77. The number of nitrogens with one attached hydrogen (secondary N) is 1. The van der Waals surface area contributed by atoms with Crippen LogP contribution in [0.25, 0.3) is 0 Å². The first kappa shape index (κ1) is 18.6. The Bertz CT molecular complexity index is 757. The predicted molar refractivity (Wildman–Crippen MR) is 86.8 cm³/mol. The molecule has 0 aliphatic heterocycles. The van der Waals surface area contributed by atoms with Gasteiger partial charge in [0.2, 0.25) is 6.43 Å². The third-order valence-corrected chi connectivity index (χ3v) is 3.67. The van der Waals surface area contributed by atoms with E-state index in [0.29, 0.717) is 6.54 Å². The molecule has 0 saturated carbocycles. The summed E-state index contributed by atoms with van der Waals surface area (Å²) in [5.74, 6) is -2.19. The van der Waals surface area contributed by atoms with Crippen LogP contribution in [0.15, 0.2) is 30.3 Å². The maximum Gasteiger partial charge on any atom is 0.326 e. The summed E-state index contributed by atoms with van der Waals surface area (Å²) in [6.45, 7) is 4.37. The first-order chi connectivity index (χ1) is 11.8. The van der Waals surface area contributed by atoms with E-state index in [1.54, 1.807) is 12.1 Å². The molecular formula is C17H19F2N3O3. The van der Waals surface area contributed by atoms with Gasteiger partial charge < -0.3 is 10.4 Å². The van der Waals surface area contributed by atoms with Crippen molar-refractivity contribution in [1.82, 2.24) is 15.1 Å². The average molecular weight is 351 g/mol. The van der Waals surface area contributed by atoms with Crippen LogP contribution >= 0.6 is 0 Å². The second kappa shape index (κ2) is 7.87. The maximum atomic E-state index is 12.4. The summed E-state index contributed by atoms with van der Waals surface area (Å²) in [5.41, 5.74) is 3.03. The van der Waals surface area contributed by atoms with Crippen molar-refractivity contribution >= 4 is 11.9 Å². The Balaban J connectivity index is 2.04. The second-order valence-corrected chi connectivity index (χ2v) is 5.77. The SMILES string of the molecule is Cc1cc(C)n(Cc2ccc(C(=O)NC(CC(F)F)C(=O)O)cc2)n1. The summed E-state index contributed by atoms with van der Waals surface area (Å²) in [6.07, 6.45) is -3.75. The molecule has 2 rings (SSSR count). The molecule has 2 N–H and O–H groups in total. The van der Waals surface area contributed by atoms with E-state index in [2.05, 4.69) is 10.4 Å². The minimum absolute atomic E-state index is 0.206. The standard InChI is InChI=1S/C17H19F2N3O3/c1-10-7-11(2)22(21-10)9-12-3-5-13(6-4-12)16(23)20-14(17(24)25)8-15(18)19/h3-7,14-15H,8-9H2,1-2H3,(H,20,23)(H,24,25). The molecular weight excluding hydrogens is 332 g/mol. The minimum Gasteiger partial charge on any atom is -0.480 e. The van der Waals surface area contributed by atoms with Gasteiger partial charge in [0, 0.05) is 17.7 Å². The molecule has 0 radical (unpaired) electrons. The number of carboxylic acids is 1. The number of carbonyl (C=O) groups excluding carboxylic acids is 1. The average Bonchev–Trinajstić information content (AvgIpc) is 2.84. The van der Waals surface area contributed by atoms with Gasteiger partial charge in [0.1, 0.15) is 6.04 Å². The van der Waals surface area contributed by atoms with Crippen LogP contribution in [-0.4, -0.2) is 39.2 Å². The fourth-order valence-electron chi connectivity index (χ4n) is 2.41. The van der Waals surface area contributed by atoms with Gasteiger partial charge in [-0.3, -0.25) is 9.48 Å². The molecule has 25 heavy (non-hydrogen) atoms. The van der Waals surface area contributed by atoms with Gasteiger partial charge in [0.15, 0.2) is 0 Å². The summed E-state index contributed by atoms with van der Waals surface area (Å²) in [4.78, 5) is 23.0. The normalized spacial score (nSPS) is 12.2. The van der Waals surface area contributed by atoms with E-state index < -0.39 is 30.8 Å². The molecule has 0 saturated heterocycles. The van der Waals surface area contributed by atoms with Crippen molar-refractivity contribution in [2.75, 3.05) is 0 Å². The molecule has 134 valence electrons. The number of aliphatic carboxylic acids is 1. The van der Waals surface area contributed by atoms with Crippen LogP contribution in [0.1, 0.15) is 33.7 Å². The minimum atomic E-state index is -2.82. The van der Waals surface area contributed by atoms with E-state index in [-0.39, 0.29) is 5.56 Å². The fraction of sp³-hybridized carbons (Fsp3) is 0.353. The lowest BCUT2D eigenvalue weighted by Crippen LogP contribution is -2.42. The molecule has 0 aliphatic carbocycles. The topological polar surface area (TPSA) is 84.2 Å². The highest BCUT2D eigenvalue weighted by Gasteiger charge is 2.24. The van der Waals surface area contributed by atoms with Crippen LogP contribution in [0.4, 0.5) is 8.78 Å². The number of alkyl halides is 2. The molecule has 1 amide bonds. The van der Waals surface area contributed by atoms with Gasteiger partial charge in [0.05, 0.1) is 12.2 Å². The molecule has 0 aliphatic rings. The number of hydrogen-bond acceptors (Lipinski definition) is 3. The molecule has 0 spiro atoms. The number of aromatic nitrogens is 2. The number of hydrogen-bond donors (Lipinski definition) is 2. The quantitative estimate of drug-likeness (QED) is 0.802. The van der Waals surface area contributed by atoms with Crippen LogP contribution < -0.4 is 5.32 Å². The van der Waals surface area contributed by atoms with Gasteiger partial charge in [-0.25, -0.2) is 13.6 Å². The Morgan fingerprint density at radius 1 is 1.24 bits per heavy atom. The summed E-state index contributed by atoms with van der Waals surface area (Å²) < 4.78 is 26.6. The van der Waals surface area contributed by atoms with Gasteiger partial charge in [-0.15, -0.1) is 0 Å². The number of nitrogens with zero attached hydrogens (tertiary/aromatic N) is 2. The smallest absolute Gasteiger partial charge is 0.326 e. The van der Waals surface area contributed by atoms with Crippen molar-refractivity contribution in [3.8, 4) is 0 Å². The van der Waals surface area contributed by atoms with Crippen LogP contribution in [-0.2, 0) is 11.3 Å². The Kier molecular flexibility index (Phi) is 5.84. The number of halogens is 2. The number of benzene rings is 1. The zero-order valence-corrected chi connectivity index (χ0v) is 13.9. The number of rotatable bonds is 7. The van der Waals surface area contributed by atoms with E-state index in [4.69, 9.17) is 5.11 Å². The lowest BCUT2D eigenvalue weighted by molar-refractivity contribution is -0.140. The Morgan fingerprint density at radius 3 is 2.36 bits per heavy atom. The number of carboxylic acid groups (broad SMARTS) is 1. The molecule has 0 fully saturated rings. The third kappa shape index (κ3) is 5.10. The van der Waals surface area contributed by atoms with Crippen molar-refractivity contribution in [3.63, 3.8) is 0 Å². The molecule has 2 aromatic rings. The summed E-state index contributed by atoms with van der Waals surface area (Å²) >= 11 is 0. The first-order valence-electron chi connectivity index (χ1n) is 7.68. The zero-order chi connectivity index (χ0) is 18.6. The van der Waals surface area contributed by atoms with Crippen molar-refractivity contribution in [3.05, 3.63) is 52.8 Å².